The van der Waals surface area contributed by atoms with Gasteiger partial charge in [0.15, 0.2) is 0 Å². The number of piperidine rings is 1. The molecule has 1 amide bonds. The molecule has 1 aliphatic carbocycles. The summed E-state index contributed by atoms with van der Waals surface area (Å²) >= 11 is 0. The molecular formula is C18H32N2O3. The van der Waals surface area contributed by atoms with Gasteiger partial charge in [0, 0.05) is 32.6 Å². The maximum absolute atomic E-state index is 12.0. The molecule has 2 rings (SSSR count). The molecule has 1 unspecified atom stereocenters. The highest BCUT2D eigenvalue weighted by atomic mass is 16.5. The van der Waals surface area contributed by atoms with Gasteiger partial charge in [-0.3, -0.25) is 14.5 Å². The Morgan fingerprint density at radius 3 is 2.52 bits per heavy atom. The molecule has 1 atom stereocenters. The van der Waals surface area contributed by atoms with Crippen LogP contribution in [-0.4, -0.2) is 60.5 Å². The fourth-order valence-corrected chi connectivity index (χ4v) is 3.96. The first kappa shape index (κ1) is 18.2. The van der Waals surface area contributed by atoms with Crippen molar-refractivity contribution in [2.24, 2.45) is 5.92 Å². The maximum Gasteiger partial charge on any atom is 0.320 e. The summed E-state index contributed by atoms with van der Waals surface area (Å²) in [5.41, 5.74) is 0. The van der Waals surface area contributed by atoms with Crippen LogP contribution in [0, 0.1) is 5.92 Å². The van der Waals surface area contributed by atoms with E-state index in [1.54, 1.807) is 6.92 Å². The first-order valence-corrected chi connectivity index (χ1v) is 9.25. The third kappa shape index (κ3) is 5.79. The van der Waals surface area contributed by atoms with Crippen LogP contribution in [-0.2, 0) is 14.3 Å². The lowest BCUT2D eigenvalue weighted by molar-refractivity contribution is -0.145. The van der Waals surface area contributed by atoms with Crippen molar-refractivity contribution in [1.29, 1.82) is 0 Å². The van der Waals surface area contributed by atoms with Gasteiger partial charge < -0.3 is 9.64 Å². The Morgan fingerprint density at radius 2 is 1.87 bits per heavy atom. The topological polar surface area (TPSA) is 49.9 Å². The second kappa shape index (κ2) is 9.26. The van der Waals surface area contributed by atoms with Crippen molar-refractivity contribution in [2.75, 3.05) is 32.8 Å². The Labute approximate surface area is 140 Å². The monoisotopic (exact) mass is 324 g/mol. The molecular weight excluding hydrogens is 292 g/mol. The van der Waals surface area contributed by atoms with Crippen molar-refractivity contribution >= 4 is 11.9 Å². The number of ether oxygens (including phenoxy) is 1. The van der Waals surface area contributed by atoms with Gasteiger partial charge in [-0.05, 0) is 38.5 Å². The lowest BCUT2D eigenvalue weighted by Gasteiger charge is -2.40. The SMILES string of the molecule is CCOC(=O)CN(CC1CCCCC1)C1CCCN(C(C)=O)C1. The molecule has 0 N–H and O–H groups in total. The highest BCUT2D eigenvalue weighted by Crippen LogP contribution is 2.26. The van der Waals surface area contributed by atoms with E-state index in [1.807, 2.05) is 11.8 Å². The standard InChI is InChI=1S/C18H32N2O3/c1-3-23-18(22)14-20(12-16-8-5-4-6-9-16)17-10-7-11-19(13-17)15(2)21/h16-17H,3-14H2,1-2H3. The van der Waals surface area contributed by atoms with E-state index < -0.39 is 0 Å². The summed E-state index contributed by atoms with van der Waals surface area (Å²) in [5, 5.41) is 0. The van der Waals surface area contributed by atoms with Crippen LogP contribution in [0.5, 0.6) is 0 Å². The molecule has 0 aromatic carbocycles. The van der Waals surface area contributed by atoms with Crippen molar-refractivity contribution in [3.63, 3.8) is 0 Å². The predicted octanol–water partition coefficient (Wildman–Crippen LogP) is 2.44. The van der Waals surface area contributed by atoms with Gasteiger partial charge >= 0.3 is 5.97 Å². The van der Waals surface area contributed by atoms with E-state index >= 15 is 0 Å². The number of esters is 1. The van der Waals surface area contributed by atoms with E-state index in [2.05, 4.69) is 4.90 Å². The van der Waals surface area contributed by atoms with Crippen molar-refractivity contribution in [3.8, 4) is 0 Å². The van der Waals surface area contributed by atoms with Crippen molar-refractivity contribution < 1.29 is 14.3 Å². The zero-order valence-corrected chi connectivity index (χ0v) is 14.8. The molecule has 1 heterocycles. The molecule has 1 aliphatic heterocycles. The summed E-state index contributed by atoms with van der Waals surface area (Å²) in [4.78, 5) is 27.9. The lowest BCUT2D eigenvalue weighted by atomic mass is 9.88. The van der Waals surface area contributed by atoms with Crippen molar-refractivity contribution in [1.82, 2.24) is 9.80 Å². The van der Waals surface area contributed by atoms with E-state index in [4.69, 9.17) is 4.74 Å². The van der Waals surface area contributed by atoms with Crippen LogP contribution in [0.1, 0.15) is 58.8 Å². The van der Waals surface area contributed by atoms with Gasteiger partial charge in [-0.15, -0.1) is 0 Å². The first-order chi connectivity index (χ1) is 11.1. The molecule has 0 aromatic rings. The molecule has 132 valence electrons. The van der Waals surface area contributed by atoms with Crippen LogP contribution in [0.15, 0.2) is 0 Å². The minimum absolute atomic E-state index is 0.136. The number of carbonyl (C=O) groups excluding carboxylic acids is 2. The van der Waals surface area contributed by atoms with Crippen LogP contribution in [0.4, 0.5) is 0 Å². The van der Waals surface area contributed by atoms with Gasteiger partial charge in [0.1, 0.15) is 0 Å². The Kier molecular flexibility index (Phi) is 7.34. The number of rotatable bonds is 6. The summed E-state index contributed by atoms with van der Waals surface area (Å²) in [6, 6.07) is 0.291. The second-order valence-electron chi connectivity index (χ2n) is 7.00. The lowest BCUT2D eigenvalue weighted by Crippen LogP contribution is -2.52. The third-order valence-electron chi connectivity index (χ3n) is 5.21. The van der Waals surface area contributed by atoms with Crippen LogP contribution in [0.25, 0.3) is 0 Å². The zero-order valence-electron chi connectivity index (χ0n) is 14.8. The number of amides is 1. The Hall–Kier alpha value is -1.10. The average Bonchev–Trinajstić information content (AvgIpc) is 2.55. The first-order valence-electron chi connectivity index (χ1n) is 9.25. The normalized spacial score (nSPS) is 23.1. The second-order valence-corrected chi connectivity index (χ2v) is 7.00. The molecule has 23 heavy (non-hydrogen) atoms. The van der Waals surface area contributed by atoms with Crippen LogP contribution in [0.2, 0.25) is 0 Å². The molecule has 1 saturated heterocycles. The Bertz CT molecular complexity index is 394. The largest absolute Gasteiger partial charge is 0.465 e. The fourth-order valence-electron chi connectivity index (χ4n) is 3.96. The number of likely N-dealkylation sites (tertiary alicyclic amines) is 1. The van der Waals surface area contributed by atoms with Crippen molar-refractivity contribution in [3.05, 3.63) is 0 Å². The van der Waals surface area contributed by atoms with Gasteiger partial charge in [-0.2, -0.15) is 0 Å². The molecule has 2 aliphatic rings. The third-order valence-corrected chi connectivity index (χ3v) is 5.21. The summed E-state index contributed by atoms with van der Waals surface area (Å²) in [6.45, 7) is 6.85. The Balaban J connectivity index is 1.98. The quantitative estimate of drug-likeness (QED) is 0.704. The van der Waals surface area contributed by atoms with E-state index in [0.717, 1.165) is 32.5 Å². The minimum atomic E-state index is -0.136. The zero-order chi connectivity index (χ0) is 16.7. The van der Waals surface area contributed by atoms with Gasteiger partial charge in [0.25, 0.3) is 0 Å². The molecule has 0 radical (unpaired) electrons. The molecule has 5 heteroatoms. The molecule has 0 spiro atoms. The maximum atomic E-state index is 12.0. The smallest absolute Gasteiger partial charge is 0.320 e. The van der Waals surface area contributed by atoms with Crippen molar-refractivity contribution in [2.45, 2.75) is 64.8 Å². The molecule has 1 saturated carbocycles. The number of hydrogen-bond acceptors (Lipinski definition) is 4. The highest BCUT2D eigenvalue weighted by Gasteiger charge is 2.30. The van der Waals surface area contributed by atoms with E-state index in [0.29, 0.717) is 25.1 Å². The van der Waals surface area contributed by atoms with Gasteiger partial charge in [0.2, 0.25) is 5.91 Å². The van der Waals surface area contributed by atoms with E-state index in [-0.39, 0.29) is 11.9 Å². The fraction of sp³-hybridized carbons (Fsp3) is 0.889. The summed E-state index contributed by atoms with van der Waals surface area (Å²) < 4.78 is 5.17. The molecule has 0 bridgehead atoms. The number of hydrogen-bond donors (Lipinski definition) is 0. The highest BCUT2D eigenvalue weighted by molar-refractivity contribution is 5.73. The summed E-state index contributed by atoms with van der Waals surface area (Å²) in [6.07, 6.45) is 8.58. The molecule has 2 fully saturated rings. The van der Waals surface area contributed by atoms with E-state index in [9.17, 15) is 9.59 Å². The van der Waals surface area contributed by atoms with Gasteiger partial charge in [0.05, 0.1) is 13.2 Å². The molecule has 0 aromatic heterocycles. The van der Waals surface area contributed by atoms with Gasteiger partial charge in [-0.1, -0.05) is 19.3 Å². The predicted molar refractivity (Wildman–Crippen MR) is 90.1 cm³/mol. The van der Waals surface area contributed by atoms with Crippen LogP contribution >= 0.6 is 0 Å². The average molecular weight is 324 g/mol. The number of nitrogens with zero attached hydrogens (tertiary/aromatic N) is 2. The van der Waals surface area contributed by atoms with Crippen LogP contribution < -0.4 is 0 Å². The summed E-state index contributed by atoms with van der Waals surface area (Å²) in [5.74, 6) is 0.692. The van der Waals surface area contributed by atoms with Crippen LogP contribution in [0.3, 0.4) is 0 Å². The van der Waals surface area contributed by atoms with E-state index in [1.165, 1.54) is 32.1 Å². The number of carbonyl (C=O) groups is 2. The molecule has 5 nitrogen and oxygen atoms in total. The summed E-state index contributed by atoms with van der Waals surface area (Å²) in [7, 11) is 0. The minimum Gasteiger partial charge on any atom is -0.465 e. The Morgan fingerprint density at radius 1 is 1.13 bits per heavy atom. The van der Waals surface area contributed by atoms with Gasteiger partial charge in [-0.25, -0.2) is 0 Å².